The first-order chi connectivity index (χ1) is 8.77. The molecule has 0 aromatic carbocycles. The number of hydrogen-bond donors (Lipinski definition) is 1. The van der Waals surface area contributed by atoms with Crippen molar-refractivity contribution in [1.82, 2.24) is 10.2 Å². The van der Waals surface area contributed by atoms with Crippen molar-refractivity contribution in [2.24, 2.45) is 5.41 Å². The van der Waals surface area contributed by atoms with Crippen LogP contribution in [0.4, 0.5) is 4.79 Å². The van der Waals surface area contributed by atoms with Gasteiger partial charge in [0.15, 0.2) is 6.29 Å². The molecule has 3 fully saturated rings. The molecule has 0 aromatic heterocycles. The fraction of sp³-hybridized carbons (Fsp3) is 0.917. The molecule has 0 aromatic rings. The van der Waals surface area contributed by atoms with Crippen molar-refractivity contribution in [3.05, 3.63) is 0 Å². The van der Waals surface area contributed by atoms with Gasteiger partial charge in [-0.15, -0.1) is 0 Å². The largest absolute Gasteiger partial charge is 0.380 e. The van der Waals surface area contributed by atoms with Crippen molar-refractivity contribution in [2.45, 2.75) is 19.1 Å². The normalized spacial score (nSPS) is 27.2. The zero-order valence-corrected chi connectivity index (χ0v) is 10.5. The number of hydrogen-bond acceptors (Lipinski definition) is 4. The summed E-state index contributed by atoms with van der Waals surface area (Å²) in [5, 5.41) is 2.88. The Balaban J connectivity index is 1.46. The molecule has 3 rings (SSSR count). The summed E-state index contributed by atoms with van der Waals surface area (Å²) in [6.45, 7) is 4.90. The van der Waals surface area contributed by atoms with Gasteiger partial charge in [0.05, 0.1) is 33.0 Å². The summed E-state index contributed by atoms with van der Waals surface area (Å²) in [6, 6.07) is -0.0138. The van der Waals surface area contributed by atoms with Gasteiger partial charge in [-0.3, -0.25) is 0 Å². The maximum Gasteiger partial charge on any atom is 0.317 e. The van der Waals surface area contributed by atoms with Crippen LogP contribution in [0.3, 0.4) is 0 Å². The fourth-order valence-corrected chi connectivity index (χ4v) is 2.82. The number of carbonyl (C=O) groups excluding carboxylic acids is 1. The molecule has 3 aliphatic rings. The van der Waals surface area contributed by atoms with Gasteiger partial charge >= 0.3 is 6.03 Å². The topological polar surface area (TPSA) is 60.0 Å². The highest BCUT2D eigenvalue weighted by Crippen LogP contribution is 2.36. The quantitative estimate of drug-likeness (QED) is 0.765. The highest BCUT2D eigenvalue weighted by atomic mass is 16.7. The minimum atomic E-state index is -0.278. The average Bonchev–Trinajstić information content (AvgIpc) is 2.87. The number of amides is 2. The molecule has 6 heteroatoms. The lowest BCUT2D eigenvalue weighted by molar-refractivity contribution is -0.137. The number of ether oxygens (including phenoxy) is 3. The third-order valence-electron chi connectivity index (χ3n) is 3.88. The maximum absolute atomic E-state index is 12.0. The number of nitrogens with zero attached hydrogens (tertiary/aromatic N) is 1. The van der Waals surface area contributed by atoms with Gasteiger partial charge in [-0.25, -0.2) is 4.79 Å². The molecule has 0 atom stereocenters. The van der Waals surface area contributed by atoms with Crippen LogP contribution in [0.5, 0.6) is 0 Å². The molecule has 3 aliphatic heterocycles. The molecular weight excluding hydrogens is 236 g/mol. The second-order valence-electron chi connectivity index (χ2n) is 5.38. The van der Waals surface area contributed by atoms with Crippen LogP contribution in [0.25, 0.3) is 0 Å². The van der Waals surface area contributed by atoms with Crippen LogP contribution in [0.2, 0.25) is 0 Å². The highest BCUT2D eigenvalue weighted by molar-refractivity contribution is 5.74. The monoisotopic (exact) mass is 256 g/mol. The van der Waals surface area contributed by atoms with Crippen LogP contribution in [0.1, 0.15) is 12.8 Å². The Hall–Kier alpha value is -0.850. The van der Waals surface area contributed by atoms with Gasteiger partial charge in [0.1, 0.15) is 0 Å². The summed E-state index contributed by atoms with van der Waals surface area (Å²) in [5.41, 5.74) is 0.232. The molecular formula is C12H20N2O4. The smallest absolute Gasteiger partial charge is 0.317 e. The number of piperidine rings is 1. The zero-order chi connectivity index (χ0) is 12.4. The van der Waals surface area contributed by atoms with Gasteiger partial charge in [0, 0.05) is 18.5 Å². The summed E-state index contributed by atoms with van der Waals surface area (Å²) in [6.07, 6.45) is 1.96. The van der Waals surface area contributed by atoms with Gasteiger partial charge in [-0.1, -0.05) is 0 Å². The molecule has 0 aliphatic carbocycles. The lowest BCUT2D eigenvalue weighted by Crippen LogP contribution is -2.57. The van der Waals surface area contributed by atoms with E-state index in [1.165, 1.54) is 6.42 Å². The Morgan fingerprint density at radius 3 is 2.78 bits per heavy atom. The first kappa shape index (κ1) is 12.2. The average molecular weight is 256 g/mol. The lowest BCUT2D eigenvalue weighted by atomic mass is 9.78. The van der Waals surface area contributed by atoms with E-state index in [-0.39, 0.29) is 17.7 Å². The Bertz CT molecular complexity index is 313. The molecule has 6 nitrogen and oxygen atoms in total. The first-order valence-electron chi connectivity index (χ1n) is 6.61. The Kier molecular flexibility index (Phi) is 3.41. The Morgan fingerprint density at radius 2 is 2.11 bits per heavy atom. The molecule has 1 spiro atoms. The number of rotatable bonds is 2. The molecule has 0 radical (unpaired) electrons. The number of carbonyl (C=O) groups is 1. The van der Waals surface area contributed by atoms with E-state index in [2.05, 4.69) is 5.32 Å². The van der Waals surface area contributed by atoms with Crippen LogP contribution >= 0.6 is 0 Å². The van der Waals surface area contributed by atoms with Crippen molar-refractivity contribution in [2.75, 3.05) is 46.1 Å². The van der Waals surface area contributed by atoms with Crippen LogP contribution in [0, 0.1) is 5.41 Å². The van der Waals surface area contributed by atoms with Crippen molar-refractivity contribution in [3.63, 3.8) is 0 Å². The molecule has 18 heavy (non-hydrogen) atoms. The van der Waals surface area contributed by atoms with Crippen LogP contribution in [0.15, 0.2) is 0 Å². The van der Waals surface area contributed by atoms with Gasteiger partial charge in [0.2, 0.25) is 0 Å². The Labute approximate surface area is 107 Å². The highest BCUT2D eigenvalue weighted by Gasteiger charge is 2.43. The molecule has 3 heterocycles. The first-order valence-corrected chi connectivity index (χ1v) is 6.61. The van der Waals surface area contributed by atoms with E-state index in [1.807, 2.05) is 4.90 Å². The SMILES string of the molecule is O=C(NCC1OCCO1)N1CCCC2(COC2)C1. The molecule has 2 amide bonds. The van der Waals surface area contributed by atoms with Crippen molar-refractivity contribution >= 4 is 6.03 Å². The number of likely N-dealkylation sites (tertiary alicyclic amines) is 1. The van der Waals surface area contributed by atoms with Crippen molar-refractivity contribution in [3.8, 4) is 0 Å². The predicted molar refractivity (Wildman–Crippen MR) is 63.1 cm³/mol. The second-order valence-corrected chi connectivity index (χ2v) is 5.38. The summed E-state index contributed by atoms with van der Waals surface area (Å²) >= 11 is 0. The molecule has 0 unspecified atom stereocenters. The van der Waals surface area contributed by atoms with Gasteiger partial charge in [-0.2, -0.15) is 0 Å². The molecule has 0 saturated carbocycles. The minimum absolute atomic E-state index is 0.0138. The predicted octanol–water partition coefficient (Wildman–Crippen LogP) is 0.181. The van der Waals surface area contributed by atoms with E-state index in [0.29, 0.717) is 19.8 Å². The zero-order valence-electron chi connectivity index (χ0n) is 10.5. The van der Waals surface area contributed by atoms with Crippen LogP contribution in [-0.4, -0.2) is 63.3 Å². The summed E-state index contributed by atoms with van der Waals surface area (Å²) in [4.78, 5) is 13.9. The molecule has 102 valence electrons. The van der Waals surface area contributed by atoms with Crippen LogP contribution < -0.4 is 5.32 Å². The summed E-state index contributed by atoms with van der Waals surface area (Å²) in [7, 11) is 0. The summed E-state index contributed by atoms with van der Waals surface area (Å²) < 4.78 is 15.9. The van der Waals surface area contributed by atoms with Crippen molar-refractivity contribution in [1.29, 1.82) is 0 Å². The molecule has 3 saturated heterocycles. The Morgan fingerprint density at radius 1 is 1.33 bits per heavy atom. The second kappa shape index (κ2) is 5.03. The van der Waals surface area contributed by atoms with E-state index >= 15 is 0 Å². The van der Waals surface area contributed by atoms with Gasteiger partial charge in [-0.05, 0) is 12.8 Å². The fourth-order valence-electron chi connectivity index (χ4n) is 2.82. The van der Waals surface area contributed by atoms with E-state index in [1.54, 1.807) is 0 Å². The number of nitrogens with one attached hydrogen (secondary N) is 1. The van der Waals surface area contributed by atoms with E-state index < -0.39 is 0 Å². The van der Waals surface area contributed by atoms with Gasteiger partial charge < -0.3 is 24.4 Å². The van der Waals surface area contributed by atoms with E-state index in [0.717, 1.165) is 32.7 Å². The lowest BCUT2D eigenvalue weighted by Gasteiger charge is -2.48. The maximum atomic E-state index is 12.0. The van der Waals surface area contributed by atoms with Crippen LogP contribution in [-0.2, 0) is 14.2 Å². The standard InChI is InChI=1S/C12H20N2O4/c15-11(13-6-10-17-4-5-18-10)14-3-1-2-12(7-14)8-16-9-12/h10H,1-9H2,(H,13,15). The third kappa shape index (κ3) is 2.46. The number of urea groups is 1. The van der Waals surface area contributed by atoms with Gasteiger partial charge in [0.25, 0.3) is 0 Å². The molecule has 0 bridgehead atoms. The minimum Gasteiger partial charge on any atom is -0.380 e. The van der Waals surface area contributed by atoms with E-state index in [4.69, 9.17) is 14.2 Å². The summed E-state index contributed by atoms with van der Waals surface area (Å²) in [5.74, 6) is 0. The molecule has 1 N–H and O–H groups in total. The van der Waals surface area contributed by atoms with E-state index in [9.17, 15) is 4.79 Å². The van der Waals surface area contributed by atoms with Crippen molar-refractivity contribution < 1.29 is 19.0 Å². The third-order valence-corrected chi connectivity index (χ3v) is 3.88.